The van der Waals surface area contributed by atoms with Gasteiger partial charge in [-0.3, -0.25) is 0 Å². The molecule has 2 N–H and O–H groups in total. The molecule has 0 unspecified atom stereocenters. The molecule has 0 saturated carbocycles. The molecule has 0 aliphatic rings. The van der Waals surface area contributed by atoms with E-state index < -0.39 is 7.12 Å². The standard InChI is InChI=1S/C15H14BNO3/c1-11-8-14(6-7-15(11)16(18)19)20-10-13-5-3-2-4-12(13)9-17/h2-8,18-19H,10H2,1H3. The maximum absolute atomic E-state index is 9.15. The van der Waals surface area contributed by atoms with Gasteiger partial charge >= 0.3 is 7.12 Å². The molecule has 0 aliphatic heterocycles. The number of hydrogen-bond acceptors (Lipinski definition) is 4. The number of hydrogen-bond donors (Lipinski definition) is 2. The highest BCUT2D eigenvalue weighted by Crippen LogP contribution is 2.15. The van der Waals surface area contributed by atoms with Gasteiger partial charge in [0.25, 0.3) is 0 Å². The van der Waals surface area contributed by atoms with Gasteiger partial charge in [-0.25, -0.2) is 0 Å². The van der Waals surface area contributed by atoms with Crippen LogP contribution in [0.4, 0.5) is 0 Å². The summed E-state index contributed by atoms with van der Waals surface area (Å²) in [5.74, 6) is 0.625. The van der Waals surface area contributed by atoms with E-state index in [0.29, 0.717) is 23.4 Å². The molecule has 0 radical (unpaired) electrons. The van der Waals surface area contributed by atoms with Gasteiger partial charge in [0.15, 0.2) is 0 Å². The lowest BCUT2D eigenvalue weighted by molar-refractivity contribution is 0.305. The monoisotopic (exact) mass is 267 g/mol. The first-order chi connectivity index (χ1) is 9.61. The van der Waals surface area contributed by atoms with Crippen LogP contribution < -0.4 is 10.2 Å². The summed E-state index contributed by atoms with van der Waals surface area (Å²) >= 11 is 0. The molecule has 5 heteroatoms. The zero-order valence-corrected chi connectivity index (χ0v) is 11.1. The third kappa shape index (κ3) is 3.18. The number of rotatable bonds is 4. The number of aryl methyl sites for hydroxylation is 1. The Balaban J connectivity index is 2.12. The van der Waals surface area contributed by atoms with E-state index in [1.165, 1.54) is 0 Å². The Hall–Kier alpha value is -2.29. The van der Waals surface area contributed by atoms with Crippen LogP contribution in [-0.4, -0.2) is 17.2 Å². The molecule has 0 spiro atoms. The highest BCUT2D eigenvalue weighted by molar-refractivity contribution is 6.59. The van der Waals surface area contributed by atoms with Crippen LogP contribution in [0.2, 0.25) is 0 Å². The van der Waals surface area contributed by atoms with E-state index in [0.717, 1.165) is 11.1 Å². The summed E-state index contributed by atoms with van der Waals surface area (Å²) < 4.78 is 5.64. The lowest BCUT2D eigenvalue weighted by atomic mass is 9.77. The second kappa shape index (κ2) is 6.24. The highest BCUT2D eigenvalue weighted by atomic mass is 16.5. The fourth-order valence-corrected chi connectivity index (χ4v) is 1.94. The van der Waals surface area contributed by atoms with Gasteiger partial charge in [-0.2, -0.15) is 5.26 Å². The molecule has 0 aromatic heterocycles. The van der Waals surface area contributed by atoms with Crippen LogP contribution in [0.25, 0.3) is 0 Å². The molecule has 100 valence electrons. The van der Waals surface area contributed by atoms with E-state index in [4.69, 9.17) is 20.0 Å². The minimum Gasteiger partial charge on any atom is -0.489 e. The van der Waals surface area contributed by atoms with E-state index in [9.17, 15) is 0 Å². The SMILES string of the molecule is Cc1cc(OCc2ccccc2C#N)ccc1B(O)O. The smallest absolute Gasteiger partial charge is 0.488 e. The molecule has 2 aromatic rings. The van der Waals surface area contributed by atoms with Gasteiger partial charge in [-0.15, -0.1) is 0 Å². The van der Waals surface area contributed by atoms with Crippen molar-refractivity contribution in [1.29, 1.82) is 5.26 Å². The minimum atomic E-state index is -1.48. The van der Waals surface area contributed by atoms with E-state index in [-0.39, 0.29) is 0 Å². The fraction of sp³-hybridized carbons (Fsp3) is 0.133. The third-order valence-corrected chi connectivity index (χ3v) is 3.05. The second-order valence-corrected chi connectivity index (χ2v) is 4.45. The topological polar surface area (TPSA) is 73.5 Å². The van der Waals surface area contributed by atoms with Gasteiger partial charge in [0, 0.05) is 5.56 Å². The average molecular weight is 267 g/mol. The van der Waals surface area contributed by atoms with E-state index in [2.05, 4.69) is 6.07 Å². The first-order valence-corrected chi connectivity index (χ1v) is 6.19. The minimum absolute atomic E-state index is 0.296. The summed E-state index contributed by atoms with van der Waals surface area (Å²) in [7, 11) is -1.48. The van der Waals surface area contributed by atoms with Crippen LogP contribution in [0.3, 0.4) is 0 Å². The summed E-state index contributed by atoms with van der Waals surface area (Å²) in [5, 5.41) is 27.3. The largest absolute Gasteiger partial charge is 0.489 e. The Bertz CT molecular complexity index is 650. The van der Waals surface area contributed by atoms with E-state index in [1.807, 2.05) is 18.2 Å². The molecular formula is C15H14BNO3. The maximum Gasteiger partial charge on any atom is 0.488 e. The van der Waals surface area contributed by atoms with Gasteiger partial charge in [0.05, 0.1) is 11.6 Å². The van der Waals surface area contributed by atoms with Crippen molar-refractivity contribution in [2.75, 3.05) is 0 Å². The van der Waals surface area contributed by atoms with Crippen LogP contribution in [0.15, 0.2) is 42.5 Å². The lowest BCUT2D eigenvalue weighted by Crippen LogP contribution is -2.31. The molecule has 0 aliphatic carbocycles. The van der Waals surface area contributed by atoms with Gasteiger partial charge in [-0.1, -0.05) is 24.3 Å². The average Bonchev–Trinajstić information content (AvgIpc) is 2.45. The van der Waals surface area contributed by atoms with E-state index in [1.54, 1.807) is 31.2 Å². The molecule has 0 amide bonds. The lowest BCUT2D eigenvalue weighted by Gasteiger charge is -2.10. The number of ether oxygens (including phenoxy) is 1. The Morgan fingerprint density at radius 1 is 1.20 bits per heavy atom. The van der Waals surface area contributed by atoms with Gasteiger partial charge < -0.3 is 14.8 Å². The maximum atomic E-state index is 9.15. The fourth-order valence-electron chi connectivity index (χ4n) is 1.94. The van der Waals surface area contributed by atoms with Crippen molar-refractivity contribution in [3.63, 3.8) is 0 Å². The quantitative estimate of drug-likeness (QED) is 0.814. The summed E-state index contributed by atoms with van der Waals surface area (Å²) in [6.07, 6.45) is 0. The van der Waals surface area contributed by atoms with Crippen molar-refractivity contribution in [2.24, 2.45) is 0 Å². The molecular weight excluding hydrogens is 253 g/mol. The molecule has 0 fully saturated rings. The number of benzene rings is 2. The van der Waals surface area contributed by atoms with Gasteiger partial charge in [0.2, 0.25) is 0 Å². The van der Waals surface area contributed by atoms with Crippen LogP contribution in [0.1, 0.15) is 16.7 Å². The normalized spacial score (nSPS) is 9.90. The first-order valence-electron chi connectivity index (χ1n) is 6.19. The predicted molar refractivity (Wildman–Crippen MR) is 76.5 cm³/mol. The molecule has 2 aromatic carbocycles. The van der Waals surface area contributed by atoms with Crippen LogP contribution in [0, 0.1) is 18.3 Å². The van der Waals surface area contributed by atoms with Crippen molar-refractivity contribution in [2.45, 2.75) is 13.5 Å². The van der Waals surface area contributed by atoms with Crippen molar-refractivity contribution in [3.8, 4) is 11.8 Å². The zero-order valence-electron chi connectivity index (χ0n) is 11.1. The van der Waals surface area contributed by atoms with Crippen LogP contribution >= 0.6 is 0 Å². The molecule has 0 atom stereocenters. The molecule has 2 rings (SSSR count). The number of nitriles is 1. The summed E-state index contributed by atoms with van der Waals surface area (Å²) in [6.45, 7) is 2.08. The van der Waals surface area contributed by atoms with Crippen molar-refractivity contribution < 1.29 is 14.8 Å². The molecule has 0 saturated heterocycles. The molecule has 0 heterocycles. The summed E-state index contributed by atoms with van der Waals surface area (Å²) in [4.78, 5) is 0. The summed E-state index contributed by atoms with van der Waals surface area (Å²) in [5.41, 5.74) is 2.60. The Morgan fingerprint density at radius 3 is 2.60 bits per heavy atom. The Morgan fingerprint density at radius 2 is 1.95 bits per heavy atom. The summed E-state index contributed by atoms with van der Waals surface area (Å²) in [6, 6.07) is 14.4. The molecule has 4 nitrogen and oxygen atoms in total. The van der Waals surface area contributed by atoms with Crippen molar-refractivity contribution >= 4 is 12.6 Å². The second-order valence-electron chi connectivity index (χ2n) is 4.45. The third-order valence-electron chi connectivity index (χ3n) is 3.05. The molecule has 0 bridgehead atoms. The van der Waals surface area contributed by atoms with Crippen molar-refractivity contribution in [3.05, 3.63) is 59.2 Å². The van der Waals surface area contributed by atoms with Crippen molar-refractivity contribution in [1.82, 2.24) is 0 Å². The van der Waals surface area contributed by atoms with Crippen LogP contribution in [-0.2, 0) is 6.61 Å². The Kier molecular flexibility index (Phi) is 4.41. The predicted octanol–water partition coefficient (Wildman–Crippen LogP) is 1.13. The zero-order chi connectivity index (χ0) is 14.5. The van der Waals surface area contributed by atoms with Gasteiger partial charge in [-0.05, 0) is 36.1 Å². The van der Waals surface area contributed by atoms with E-state index >= 15 is 0 Å². The first kappa shape index (κ1) is 14.1. The highest BCUT2D eigenvalue weighted by Gasteiger charge is 2.14. The van der Waals surface area contributed by atoms with Crippen LogP contribution in [0.5, 0.6) is 5.75 Å². The molecule has 20 heavy (non-hydrogen) atoms. The number of nitrogens with zero attached hydrogens (tertiary/aromatic N) is 1. The van der Waals surface area contributed by atoms with Gasteiger partial charge in [0.1, 0.15) is 12.4 Å². The Labute approximate surface area is 118 Å².